The summed E-state index contributed by atoms with van der Waals surface area (Å²) >= 11 is 0. The highest BCUT2D eigenvalue weighted by Crippen LogP contribution is 2.16. The van der Waals surface area contributed by atoms with Crippen molar-refractivity contribution in [2.75, 3.05) is 0 Å². The first-order valence-corrected chi connectivity index (χ1v) is 9.50. The third kappa shape index (κ3) is 8.28. The maximum atomic E-state index is 12.1. The maximum absolute atomic E-state index is 12.1. The number of unbranched alkanes of at least 4 members (excludes halogenated alkanes) is 8. The van der Waals surface area contributed by atoms with Crippen LogP contribution in [0.2, 0.25) is 0 Å². The molecule has 1 heterocycles. The van der Waals surface area contributed by atoms with Gasteiger partial charge in [0.2, 0.25) is 0 Å². The van der Waals surface area contributed by atoms with E-state index in [-0.39, 0.29) is 5.78 Å². The molecule has 1 aromatic rings. The third-order valence-electron chi connectivity index (χ3n) is 4.30. The predicted octanol–water partition coefficient (Wildman–Crippen LogP) is 6.38. The van der Waals surface area contributed by atoms with Crippen LogP contribution in [0.25, 0.3) is 6.08 Å². The van der Waals surface area contributed by atoms with Gasteiger partial charge < -0.3 is 4.42 Å². The molecule has 0 radical (unpaired) electrons. The van der Waals surface area contributed by atoms with Gasteiger partial charge in [0, 0.05) is 6.42 Å². The van der Waals surface area contributed by atoms with Crippen LogP contribution in [0, 0.1) is 0 Å². The third-order valence-corrected chi connectivity index (χ3v) is 4.30. The molecule has 0 unspecified atom stereocenters. The van der Waals surface area contributed by atoms with E-state index < -0.39 is 0 Å². The quantitative estimate of drug-likeness (QED) is 0.172. The molecule has 0 aromatic carbocycles. The van der Waals surface area contributed by atoms with E-state index >= 15 is 0 Å². The molecule has 0 spiro atoms. The minimum absolute atomic E-state index is 0.0572. The van der Waals surface area contributed by atoms with Crippen LogP contribution in [-0.2, 0) is 4.79 Å². The molecule has 0 aliphatic heterocycles. The molecular weight excluding hydrogens is 300 g/mol. The Labute approximate surface area is 146 Å². The van der Waals surface area contributed by atoms with Crippen LogP contribution in [0.15, 0.2) is 22.1 Å². The van der Waals surface area contributed by atoms with E-state index in [9.17, 15) is 9.59 Å². The molecule has 0 atom stereocenters. The highest BCUT2D eigenvalue weighted by atomic mass is 16.3. The number of carbonyl (C=O) groups excluding carboxylic acids is 2. The predicted molar refractivity (Wildman–Crippen MR) is 99.2 cm³/mol. The molecule has 0 fully saturated rings. The summed E-state index contributed by atoms with van der Waals surface area (Å²) in [6, 6.07) is 3.46. The smallest absolute Gasteiger partial charge is 0.198 e. The number of ketones is 1. The van der Waals surface area contributed by atoms with E-state index in [1.54, 1.807) is 18.2 Å². The number of allylic oxidation sites excluding steroid dienone is 1. The van der Waals surface area contributed by atoms with Crippen LogP contribution in [0.5, 0.6) is 0 Å². The summed E-state index contributed by atoms with van der Waals surface area (Å²) in [7, 11) is 0. The van der Waals surface area contributed by atoms with Gasteiger partial charge in [0.05, 0.1) is 0 Å². The first-order valence-electron chi connectivity index (χ1n) is 9.50. The van der Waals surface area contributed by atoms with Gasteiger partial charge in [-0.2, -0.15) is 0 Å². The first-order chi connectivity index (χ1) is 11.7. The number of furan rings is 1. The van der Waals surface area contributed by atoms with Crippen molar-refractivity contribution in [2.45, 2.75) is 84.5 Å². The fraction of sp³-hybridized carbons (Fsp3) is 0.619. The van der Waals surface area contributed by atoms with E-state index in [2.05, 4.69) is 6.92 Å². The van der Waals surface area contributed by atoms with Crippen molar-refractivity contribution in [1.29, 1.82) is 0 Å². The lowest BCUT2D eigenvalue weighted by molar-refractivity contribution is -0.104. The average Bonchev–Trinajstić information content (AvgIpc) is 3.06. The van der Waals surface area contributed by atoms with Crippen LogP contribution in [0.4, 0.5) is 0 Å². The Morgan fingerprint density at radius 2 is 1.58 bits per heavy atom. The van der Waals surface area contributed by atoms with Gasteiger partial charge >= 0.3 is 0 Å². The average molecular weight is 332 g/mol. The molecule has 0 aliphatic rings. The van der Waals surface area contributed by atoms with Gasteiger partial charge in [0.25, 0.3) is 0 Å². The number of aldehydes is 1. The van der Waals surface area contributed by atoms with Crippen molar-refractivity contribution < 1.29 is 14.0 Å². The molecule has 3 heteroatoms. The standard InChI is InChI=1S/C21H32O3/c1-3-5-6-7-8-9-10-11-12-13-20(23)21-15-14-19(24-21)16-18(4-2)17-22/h14-17H,3-13H2,1-2H3/b18-16+. The first kappa shape index (κ1) is 20.4. The Kier molecular flexibility index (Phi) is 10.8. The van der Waals surface area contributed by atoms with Gasteiger partial charge in [-0.3, -0.25) is 9.59 Å². The van der Waals surface area contributed by atoms with E-state index in [0.717, 1.165) is 19.1 Å². The zero-order valence-corrected chi connectivity index (χ0v) is 15.3. The minimum atomic E-state index is 0.0572. The molecule has 0 bridgehead atoms. The molecule has 0 aliphatic carbocycles. The summed E-state index contributed by atoms with van der Waals surface area (Å²) in [4.78, 5) is 22.9. The van der Waals surface area contributed by atoms with Gasteiger partial charge in [-0.15, -0.1) is 0 Å². The van der Waals surface area contributed by atoms with E-state index in [1.165, 1.54) is 44.9 Å². The van der Waals surface area contributed by atoms with Crippen LogP contribution in [0.3, 0.4) is 0 Å². The van der Waals surface area contributed by atoms with Gasteiger partial charge in [-0.05, 0) is 36.6 Å². The van der Waals surface area contributed by atoms with Crippen LogP contribution < -0.4 is 0 Å². The van der Waals surface area contributed by atoms with Crippen molar-refractivity contribution in [2.24, 2.45) is 0 Å². The lowest BCUT2D eigenvalue weighted by Gasteiger charge is -2.01. The molecule has 0 N–H and O–H groups in total. The highest BCUT2D eigenvalue weighted by Gasteiger charge is 2.10. The summed E-state index contributed by atoms with van der Waals surface area (Å²) < 4.78 is 5.53. The lowest BCUT2D eigenvalue weighted by Crippen LogP contribution is -1.96. The van der Waals surface area contributed by atoms with Crippen molar-refractivity contribution in [3.8, 4) is 0 Å². The van der Waals surface area contributed by atoms with Crippen molar-refractivity contribution in [3.63, 3.8) is 0 Å². The second-order valence-electron chi connectivity index (χ2n) is 6.39. The molecular formula is C21H32O3. The van der Waals surface area contributed by atoms with Crippen molar-refractivity contribution >= 4 is 18.1 Å². The molecule has 0 saturated heterocycles. The summed E-state index contributed by atoms with van der Waals surface area (Å²) in [5.74, 6) is 1.04. The van der Waals surface area contributed by atoms with Gasteiger partial charge in [-0.25, -0.2) is 0 Å². The molecule has 134 valence electrons. The van der Waals surface area contributed by atoms with Crippen LogP contribution in [-0.4, -0.2) is 12.1 Å². The second-order valence-corrected chi connectivity index (χ2v) is 6.39. The SMILES string of the molecule is CCCCCCCCCCCC(=O)c1ccc(/C=C(/C=O)CC)o1. The minimum Gasteiger partial charge on any atom is -0.454 e. The molecule has 3 nitrogen and oxygen atoms in total. The van der Waals surface area contributed by atoms with Crippen molar-refractivity contribution in [3.05, 3.63) is 29.2 Å². The Balaban J connectivity index is 2.21. The zero-order valence-electron chi connectivity index (χ0n) is 15.3. The lowest BCUT2D eigenvalue weighted by atomic mass is 10.1. The maximum Gasteiger partial charge on any atom is 0.198 e. The van der Waals surface area contributed by atoms with Crippen molar-refractivity contribution in [1.82, 2.24) is 0 Å². The Morgan fingerprint density at radius 1 is 0.958 bits per heavy atom. The number of carbonyl (C=O) groups is 2. The second kappa shape index (κ2) is 12.7. The van der Waals surface area contributed by atoms with Gasteiger partial charge in [0.1, 0.15) is 12.0 Å². The largest absolute Gasteiger partial charge is 0.454 e. The van der Waals surface area contributed by atoms with E-state index in [0.29, 0.717) is 29.9 Å². The molecule has 1 rings (SSSR count). The monoisotopic (exact) mass is 332 g/mol. The van der Waals surface area contributed by atoms with E-state index in [4.69, 9.17) is 4.42 Å². The highest BCUT2D eigenvalue weighted by molar-refractivity contribution is 5.93. The van der Waals surface area contributed by atoms with Crippen LogP contribution in [0.1, 0.15) is 101 Å². The summed E-state index contributed by atoms with van der Waals surface area (Å²) in [5.41, 5.74) is 0.669. The Bertz CT molecular complexity index is 511. The number of Topliss-reactive ketones (excluding diaryl/α,β-unsaturated/α-hetero) is 1. The summed E-state index contributed by atoms with van der Waals surface area (Å²) in [5, 5.41) is 0. The zero-order chi connectivity index (χ0) is 17.6. The number of hydrogen-bond acceptors (Lipinski definition) is 3. The molecule has 24 heavy (non-hydrogen) atoms. The molecule has 0 amide bonds. The Hall–Kier alpha value is -1.64. The molecule has 1 aromatic heterocycles. The number of hydrogen-bond donors (Lipinski definition) is 0. The summed E-state index contributed by atoms with van der Waals surface area (Å²) in [6.07, 6.45) is 14.9. The van der Waals surface area contributed by atoms with Crippen LogP contribution >= 0.6 is 0 Å². The summed E-state index contributed by atoms with van der Waals surface area (Å²) in [6.45, 7) is 4.15. The fourth-order valence-electron chi connectivity index (χ4n) is 2.70. The van der Waals surface area contributed by atoms with E-state index in [1.807, 2.05) is 6.92 Å². The van der Waals surface area contributed by atoms with Gasteiger partial charge in [-0.1, -0.05) is 65.2 Å². The molecule has 0 saturated carbocycles. The van der Waals surface area contributed by atoms with Gasteiger partial charge in [0.15, 0.2) is 11.5 Å². The topological polar surface area (TPSA) is 47.3 Å². The fourth-order valence-corrected chi connectivity index (χ4v) is 2.70. The number of rotatable bonds is 14. The normalized spacial score (nSPS) is 11.7. The Morgan fingerprint density at radius 3 is 2.17 bits per heavy atom.